The van der Waals surface area contributed by atoms with Crippen molar-refractivity contribution < 1.29 is 22.7 Å². The van der Waals surface area contributed by atoms with Gasteiger partial charge in [-0.25, -0.2) is 10.1 Å². The van der Waals surface area contributed by atoms with Crippen LogP contribution in [0.3, 0.4) is 0 Å². The Morgan fingerprint density at radius 3 is 2.12 bits per heavy atom. The minimum atomic E-state index is -4.20. The normalized spacial score (nSPS) is 12.7. The van der Waals surface area contributed by atoms with E-state index in [1.165, 1.54) is 0 Å². The number of ether oxygens (including phenoxy) is 1. The summed E-state index contributed by atoms with van der Waals surface area (Å²) in [6.45, 7) is 0.601. The zero-order valence-corrected chi connectivity index (χ0v) is 16.2. The Morgan fingerprint density at radius 1 is 1.15 bits per heavy atom. The first-order valence-electron chi connectivity index (χ1n) is 8.91. The third-order valence-electron chi connectivity index (χ3n) is 4.17. The fourth-order valence-electron chi connectivity index (χ4n) is 2.70. The number of methoxy groups -OCH3 is 1. The van der Waals surface area contributed by atoms with E-state index in [0.29, 0.717) is 17.9 Å². The molecule has 0 aliphatic heterocycles. The first-order valence-corrected chi connectivity index (χ1v) is 10.4. The van der Waals surface area contributed by atoms with E-state index in [1.54, 1.807) is 7.11 Å². The third kappa shape index (κ3) is 12.0. The molecule has 154 valence electrons. The molecule has 0 radical (unpaired) electrons. The number of nitrogens with two attached hydrogens (primary N) is 1. The summed E-state index contributed by atoms with van der Waals surface area (Å²) in [7, 11) is -2.52. The van der Waals surface area contributed by atoms with Crippen molar-refractivity contribution in [1.29, 1.82) is 5.41 Å². The molecule has 1 atom stereocenters. The summed E-state index contributed by atoms with van der Waals surface area (Å²) in [5.41, 5.74) is 5.10. The van der Waals surface area contributed by atoms with Crippen LogP contribution in [0.25, 0.3) is 0 Å². The predicted molar refractivity (Wildman–Crippen MR) is 99.0 cm³/mol. The Kier molecular flexibility index (Phi) is 12.9. The van der Waals surface area contributed by atoms with E-state index in [4.69, 9.17) is 15.9 Å². The monoisotopic (exact) mass is 396 g/mol. The molecule has 0 heterocycles. The van der Waals surface area contributed by atoms with Crippen molar-refractivity contribution >= 4 is 16.1 Å². The van der Waals surface area contributed by atoms with Gasteiger partial charge >= 0.3 is 0 Å². The van der Waals surface area contributed by atoms with Crippen molar-refractivity contribution in [1.82, 2.24) is 5.01 Å². The van der Waals surface area contributed by atoms with Crippen LogP contribution < -0.4 is 5.73 Å². The zero-order valence-electron chi connectivity index (χ0n) is 15.4. The molecule has 0 aliphatic rings. The van der Waals surface area contributed by atoms with Gasteiger partial charge in [0.05, 0.1) is 11.8 Å². The molecule has 11 heteroatoms. The lowest BCUT2D eigenvalue weighted by Gasteiger charge is -2.15. The Labute approximate surface area is 155 Å². The van der Waals surface area contributed by atoms with Crippen LogP contribution >= 0.6 is 0 Å². The number of unbranched alkanes of at least 4 members (excludes halogenated alkanes) is 6. The number of hydrogen-bond donors (Lipinski definition) is 3. The first kappa shape index (κ1) is 24.5. The van der Waals surface area contributed by atoms with Gasteiger partial charge in [0, 0.05) is 13.7 Å². The van der Waals surface area contributed by atoms with Gasteiger partial charge in [-0.3, -0.25) is 9.96 Å². The number of hydrogen-bond acceptors (Lipinski definition) is 6. The van der Waals surface area contributed by atoms with Gasteiger partial charge in [0.1, 0.15) is 0 Å². The van der Waals surface area contributed by atoms with Crippen LogP contribution in [0.4, 0.5) is 0 Å². The minimum Gasteiger partial charge on any atom is -0.385 e. The molecule has 0 saturated heterocycles. The van der Waals surface area contributed by atoms with Crippen LogP contribution in [0, 0.1) is 15.5 Å². The topological polar surface area (TPSA) is 160 Å². The van der Waals surface area contributed by atoms with E-state index < -0.39 is 26.4 Å². The number of hydrazine groups is 1. The smallest absolute Gasteiger partial charge is 0.267 e. The van der Waals surface area contributed by atoms with Crippen molar-refractivity contribution in [2.24, 2.45) is 5.73 Å². The SMILES string of the molecule is COCCCCCCCCCC(CCCN(C(=N)N)[N+](=O)[O-])S(=O)(=O)O. The highest BCUT2D eigenvalue weighted by Gasteiger charge is 2.24. The van der Waals surface area contributed by atoms with E-state index in [9.17, 15) is 23.1 Å². The quantitative estimate of drug-likeness (QED) is 0.0893. The lowest BCUT2D eigenvalue weighted by molar-refractivity contribution is -0.629. The Morgan fingerprint density at radius 2 is 1.65 bits per heavy atom. The van der Waals surface area contributed by atoms with Crippen molar-refractivity contribution in [2.75, 3.05) is 20.3 Å². The molecule has 0 saturated carbocycles. The average molecular weight is 397 g/mol. The van der Waals surface area contributed by atoms with Crippen LogP contribution in [-0.2, 0) is 14.9 Å². The fourth-order valence-corrected chi connectivity index (χ4v) is 3.63. The number of guanidine groups is 1. The van der Waals surface area contributed by atoms with Gasteiger partial charge in [-0.05, 0) is 25.7 Å². The average Bonchev–Trinajstić information content (AvgIpc) is 2.53. The molecule has 0 aliphatic carbocycles. The molecule has 0 aromatic carbocycles. The van der Waals surface area contributed by atoms with Gasteiger partial charge in [0.15, 0.2) is 5.03 Å². The van der Waals surface area contributed by atoms with Gasteiger partial charge in [-0.15, -0.1) is 0 Å². The summed E-state index contributed by atoms with van der Waals surface area (Å²) < 4.78 is 37.3. The van der Waals surface area contributed by atoms with E-state index in [1.807, 2.05) is 0 Å². The molecule has 0 bridgehead atoms. The molecule has 0 rings (SSSR count). The highest BCUT2D eigenvalue weighted by Crippen LogP contribution is 2.17. The van der Waals surface area contributed by atoms with Crippen molar-refractivity contribution in [3.05, 3.63) is 10.1 Å². The molecule has 1 unspecified atom stereocenters. The second-order valence-corrected chi connectivity index (χ2v) is 7.98. The Hall–Kier alpha value is -1.46. The third-order valence-corrected chi connectivity index (χ3v) is 5.48. The number of nitrogens with zero attached hydrogens (tertiary/aromatic N) is 2. The molecule has 26 heavy (non-hydrogen) atoms. The van der Waals surface area contributed by atoms with Crippen LogP contribution in [0.5, 0.6) is 0 Å². The lowest BCUT2D eigenvalue weighted by Crippen LogP contribution is -2.41. The van der Waals surface area contributed by atoms with Crippen molar-refractivity contribution in [3.63, 3.8) is 0 Å². The van der Waals surface area contributed by atoms with Crippen LogP contribution in [0.15, 0.2) is 0 Å². The molecule has 0 amide bonds. The fraction of sp³-hybridized carbons (Fsp3) is 0.933. The van der Waals surface area contributed by atoms with E-state index >= 15 is 0 Å². The number of nitro groups is 1. The summed E-state index contributed by atoms with van der Waals surface area (Å²) in [6.07, 6.45) is 7.47. The molecule has 0 aromatic rings. The lowest BCUT2D eigenvalue weighted by atomic mass is 10.1. The highest BCUT2D eigenvalue weighted by molar-refractivity contribution is 7.86. The minimum absolute atomic E-state index is 0.0907. The molecule has 0 spiro atoms. The molecule has 0 aromatic heterocycles. The second kappa shape index (κ2) is 13.7. The summed E-state index contributed by atoms with van der Waals surface area (Å²) >= 11 is 0. The first-order chi connectivity index (χ1) is 12.2. The molecule has 4 N–H and O–H groups in total. The van der Waals surface area contributed by atoms with Crippen molar-refractivity contribution in [3.8, 4) is 0 Å². The molecule has 10 nitrogen and oxygen atoms in total. The van der Waals surface area contributed by atoms with E-state index in [0.717, 1.165) is 45.1 Å². The largest absolute Gasteiger partial charge is 0.385 e. The Balaban J connectivity index is 4.08. The van der Waals surface area contributed by atoms with Gasteiger partial charge in [-0.2, -0.15) is 8.42 Å². The second-order valence-electron chi connectivity index (χ2n) is 6.28. The van der Waals surface area contributed by atoms with Gasteiger partial charge in [0.2, 0.25) is 0 Å². The highest BCUT2D eigenvalue weighted by atomic mass is 32.2. The van der Waals surface area contributed by atoms with Gasteiger partial charge in [-0.1, -0.05) is 43.5 Å². The number of nitrogens with one attached hydrogen (secondary N) is 1. The maximum Gasteiger partial charge on any atom is 0.267 e. The van der Waals surface area contributed by atoms with Gasteiger partial charge in [0.25, 0.3) is 16.1 Å². The summed E-state index contributed by atoms with van der Waals surface area (Å²) in [5, 5.41) is 16.5. The molecule has 0 fully saturated rings. The maximum absolute atomic E-state index is 11.5. The maximum atomic E-state index is 11.5. The summed E-state index contributed by atoms with van der Waals surface area (Å²) in [4.78, 5) is 10.7. The number of rotatable bonds is 16. The molecular weight excluding hydrogens is 364 g/mol. The van der Waals surface area contributed by atoms with Crippen LogP contribution in [-0.4, -0.2) is 54.5 Å². The zero-order chi connectivity index (χ0) is 20.0. The van der Waals surface area contributed by atoms with Crippen LogP contribution in [0.2, 0.25) is 0 Å². The predicted octanol–water partition coefficient (Wildman–Crippen LogP) is 2.18. The summed E-state index contributed by atoms with van der Waals surface area (Å²) in [5.74, 6) is -0.705. The van der Waals surface area contributed by atoms with E-state index in [-0.39, 0.29) is 19.4 Å². The molecular formula is C15H32N4O6S. The summed E-state index contributed by atoms with van der Waals surface area (Å²) in [6, 6.07) is 0. The standard InChI is InChI=1S/C15H32N4O6S/c1-25-13-8-6-4-2-3-5-7-10-14(26(22,23)24)11-9-12-18(15(16)17)19(20)21/h14H,2-13H2,1H3,(H3,16,17)(H,22,23,24). The Bertz CT molecular complexity index is 500. The van der Waals surface area contributed by atoms with Gasteiger partial charge < -0.3 is 10.5 Å². The van der Waals surface area contributed by atoms with E-state index in [2.05, 4.69) is 0 Å². The van der Waals surface area contributed by atoms with Crippen LogP contribution in [0.1, 0.15) is 64.2 Å². The van der Waals surface area contributed by atoms with Crippen molar-refractivity contribution in [2.45, 2.75) is 69.5 Å².